The van der Waals surface area contributed by atoms with Gasteiger partial charge in [-0.25, -0.2) is 14.2 Å². The number of amides is 1. The number of nitrogens with one attached hydrogen (secondary N) is 2. The lowest BCUT2D eigenvalue weighted by Gasteiger charge is -2.15. The van der Waals surface area contributed by atoms with Crippen molar-refractivity contribution in [1.29, 1.82) is 0 Å². The number of aromatic nitrogens is 7. The van der Waals surface area contributed by atoms with Crippen molar-refractivity contribution in [2.45, 2.75) is 19.3 Å². The number of rotatable bonds is 8. The standard InChI is InChI=1S/C25H22F4N8O4/c1-35-22-15(13-6-16(26)23(18(7-13)40-3)41-11-19-30-12-31-34-19)8-14(25(27,28)29)9-17(22)37(24(35)39)10-21(38)33-20-4-5-32-36(20)2/h4-9,12H,10-11H2,1-3H3,(H,33,38)(H,30,31,34). The van der Waals surface area contributed by atoms with Gasteiger partial charge in [-0.3, -0.25) is 23.7 Å². The van der Waals surface area contributed by atoms with Gasteiger partial charge < -0.3 is 14.8 Å². The van der Waals surface area contributed by atoms with Gasteiger partial charge in [-0.2, -0.15) is 23.4 Å². The van der Waals surface area contributed by atoms with Crippen LogP contribution in [0.3, 0.4) is 0 Å². The van der Waals surface area contributed by atoms with Gasteiger partial charge in [0.1, 0.15) is 25.3 Å². The first-order chi connectivity index (χ1) is 19.5. The smallest absolute Gasteiger partial charge is 0.416 e. The van der Waals surface area contributed by atoms with Crippen LogP contribution in [0.4, 0.5) is 23.4 Å². The minimum absolute atomic E-state index is 0.0189. The van der Waals surface area contributed by atoms with Gasteiger partial charge in [0.25, 0.3) is 0 Å². The lowest BCUT2D eigenvalue weighted by atomic mass is 9.99. The fourth-order valence-corrected chi connectivity index (χ4v) is 4.37. The zero-order valence-electron chi connectivity index (χ0n) is 21.8. The molecule has 0 aliphatic rings. The molecule has 0 radical (unpaired) electrons. The van der Waals surface area contributed by atoms with E-state index in [1.165, 1.54) is 43.5 Å². The number of hydrogen-bond acceptors (Lipinski definition) is 7. The number of nitrogens with zero attached hydrogens (tertiary/aromatic N) is 6. The van der Waals surface area contributed by atoms with Crippen molar-refractivity contribution < 1.29 is 31.8 Å². The number of anilines is 1. The Bertz CT molecular complexity index is 1800. The molecule has 214 valence electrons. The average Bonchev–Trinajstić information content (AvgIpc) is 3.64. The second-order valence-electron chi connectivity index (χ2n) is 8.92. The van der Waals surface area contributed by atoms with E-state index in [0.29, 0.717) is 11.6 Å². The Morgan fingerprint density at radius 1 is 1.17 bits per heavy atom. The second kappa shape index (κ2) is 10.4. The van der Waals surface area contributed by atoms with E-state index >= 15 is 4.39 Å². The first kappa shape index (κ1) is 27.4. The predicted octanol–water partition coefficient (Wildman–Crippen LogP) is 3.24. The number of alkyl halides is 3. The van der Waals surface area contributed by atoms with Crippen molar-refractivity contribution in [1.82, 2.24) is 34.1 Å². The quantitative estimate of drug-likeness (QED) is 0.272. The molecule has 5 rings (SSSR count). The van der Waals surface area contributed by atoms with Crippen LogP contribution in [-0.4, -0.2) is 47.1 Å². The third-order valence-corrected chi connectivity index (χ3v) is 6.31. The maximum absolute atomic E-state index is 15.3. The number of H-pyrrole nitrogens is 1. The lowest BCUT2D eigenvalue weighted by Crippen LogP contribution is -2.28. The van der Waals surface area contributed by atoms with Gasteiger partial charge in [0, 0.05) is 25.7 Å². The Labute approximate surface area is 228 Å². The van der Waals surface area contributed by atoms with Gasteiger partial charge in [0.2, 0.25) is 5.91 Å². The van der Waals surface area contributed by atoms with Gasteiger partial charge in [-0.15, -0.1) is 0 Å². The molecule has 0 aliphatic heterocycles. The third-order valence-electron chi connectivity index (χ3n) is 6.31. The zero-order valence-corrected chi connectivity index (χ0v) is 21.8. The SMILES string of the molecule is COc1cc(-c2cc(C(F)(F)F)cc3c2n(C)c(=O)n3CC(=O)Nc2ccnn2C)cc(F)c1OCc1ncn[nH]1. The highest BCUT2D eigenvalue weighted by Crippen LogP contribution is 2.41. The van der Waals surface area contributed by atoms with E-state index in [0.717, 1.165) is 27.3 Å². The highest BCUT2D eigenvalue weighted by molar-refractivity contribution is 5.96. The molecule has 0 aliphatic carbocycles. The maximum Gasteiger partial charge on any atom is 0.416 e. The summed E-state index contributed by atoms with van der Waals surface area (Å²) in [5, 5.41) is 12.7. The Morgan fingerprint density at radius 2 is 1.95 bits per heavy atom. The van der Waals surface area contributed by atoms with Crippen LogP contribution >= 0.6 is 0 Å². The van der Waals surface area contributed by atoms with Crippen LogP contribution in [0.5, 0.6) is 11.5 Å². The van der Waals surface area contributed by atoms with Crippen LogP contribution in [0, 0.1) is 5.82 Å². The molecular weight excluding hydrogens is 552 g/mol. The predicted molar refractivity (Wildman–Crippen MR) is 137 cm³/mol. The number of benzene rings is 2. The van der Waals surface area contributed by atoms with Crippen molar-refractivity contribution in [2.75, 3.05) is 12.4 Å². The molecule has 0 saturated carbocycles. The summed E-state index contributed by atoms with van der Waals surface area (Å²) in [5.41, 5.74) is -2.11. The molecule has 3 aromatic heterocycles. The maximum atomic E-state index is 15.3. The molecule has 41 heavy (non-hydrogen) atoms. The normalized spacial score (nSPS) is 11.7. The van der Waals surface area contributed by atoms with Crippen LogP contribution in [0.15, 0.2) is 47.7 Å². The molecule has 0 bridgehead atoms. The number of fused-ring (bicyclic) bond motifs is 1. The van der Waals surface area contributed by atoms with Gasteiger partial charge in [-0.1, -0.05) is 0 Å². The summed E-state index contributed by atoms with van der Waals surface area (Å²) >= 11 is 0. The first-order valence-corrected chi connectivity index (χ1v) is 11.9. The summed E-state index contributed by atoms with van der Waals surface area (Å²) in [5.74, 6) is -1.36. The van der Waals surface area contributed by atoms with E-state index in [9.17, 15) is 22.8 Å². The molecule has 1 amide bonds. The number of ether oxygens (including phenoxy) is 2. The lowest BCUT2D eigenvalue weighted by molar-refractivity contribution is -0.137. The number of methoxy groups -OCH3 is 1. The van der Waals surface area contributed by atoms with Crippen molar-refractivity contribution in [3.8, 4) is 22.6 Å². The highest BCUT2D eigenvalue weighted by Gasteiger charge is 2.33. The molecule has 12 nitrogen and oxygen atoms in total. The molecule has 5 aromatic rings. The number of hydrogen-bond donors (Lipinski definition) is 2. The summed E-state index contributed by atoms with van der Waals surface area (Å²) in [6.07, 6.45) is -2.13. The molecule has 2 N–H and O–H groups in total. The Balaban J connectivity index is 1.63. The van der Waals surface area contributed by atoms with E-state index in [4.69, 9.17) is 9.47 Å². The minimum Gasteiger partial charge on any atom is -0.493 e. The molecule has 0 unspecified atom stereocenters. The fourth-order valence-electron chi connectivity index (χ4n) is 4.37. The van der Waals surface area contributed by atoms with Crippen LogP contribution in [0.2, 0.25) is 0 Å². The van der Waals surface area contributed by atoms with Crippen LogP contribution in [0.25, 0.3) is 22.2 Å². The Hall–Kier alpha value is -5.15. The molecule has 0 atom stereocenters. The Kier molecular flexibility index (Phi) is 6.98. The van der Waals surface area contributed by atoms with E-state index < -0.39 is 35.7 Å². The van der Waals surface area contributed by atoms with Gasteiger partial charge in [-0.05, 0) is 29.8 Å². The molecule has 2 aromatic carbocycles. The first-order valence-electron chi connectivity index (χ1n) is 11.9. The van der Waals surface area contributed by atoms with Gasteiger partial charge in [0.05, 0.1) is 29.9 Å². The minimum atomic E-state index is -4.82. The largest absolute Gasteiger partial charge is 0.493 e. The number of aromatic amines is 1. The number of halogens is 4. The zero-order chi connectivity index (χ0) is 29.5. The molecular formula is C25H22F4N8O4. The summed E-state index contributed by atoms with van der Waals surface area (Å²) in [6, 6.07) is 5.38. The molecule has 0 fully saturated rings. The van der Waals surface area contributed by atoms with Gasteiger partial charge in [0.15, 0.2) is 23.1 Å². The molecule has 16 heteroatoms. The third kappa shape index (κ3) is 5.22. The van der Waals surface area contributed by atoms with Crippen molar-refractivity contribution in [3.05, 3.63) is 70.5 Å². The Morgan fingerprint density at radius 3 is 2.59 bits per heavy atom. The topological polar surface area (TPSA) is 134 Å². The van der Waals surface area contributed by atoms with E-state index in [-0.39, 0.29) is 40.3 Å². The fraction of sp³-hybridized carbons (Fsp3) is 0.240. The van der Waals surface area contributed by atoms with Gasteiger partial charge >= 0.3 is 11.9 Å². The van der Waals surface area contributed by atoms with Crippen molar-refractivity contribution in [2.24, 2.45) is 14.1 Å². The highest BCUT2D eigenvalue weighted by atomic mass is 19.4. The molecule has 0 saturated heterocycles. The van der Waals surface area contributed by atoms with E-state index in [1.54, 1.807) is 7.05 Å². The van der Waals surface area contributed by atoms with E-state index in [2.05, 4.69) is 25.6 Å². The number of carbonyl (C=O) groups excluding carboxylic acids is 1. The molecule has 0 spiro atoms. The van der Waals surface area contributed by atoms with Crippen LogP contribution in [0.1, 0.15) is 11.4 Å². The average molecular weight is 574 g/mol. The second-order valence-corrected chi connectivity index (χ2v) is 8.92. The van der Waals surface area contributed by atoms with E-state index in [1.807, 2.05) is 0 Å². The summed E-state index contributed by atoms with van der Waals surface area (Å²) in [6.45, 7) is -0.771. The summed E-state index contributed by atoms with van der Waals surface area (Å²) in [4.78, 5) is 29.8. The van der Waals surface area contributed by atoms with Crippen molar-refractivity contribution >= 4 is 22.8 Å². The number of carbonyl (C=O) groups is 1. The monoisotopic (exact) mass is 574 g/mol. The number of aryl methyl sites for hydroxylation is 2. The summed E-state index contributed by atoms with van der Waals surface area (Å²) < 4.78 is 71.5. The molecule has 3 heterocycles. The van der Waals surface area contributed by atoms with Crippen LogP contribution < -0.4 is 20.5 Å². The summed E-state index contributed by atoms with van der Waals surface area (Å²) in [7, 11) is 4.17. The van der Waals surface area contributed by atoms with Crippen LogP contribution in [-0.2, 0) is 38.2 Å². The number of imidazole rings is 1. The van der Waals surface area contributed by atoms with Crippen molar-refractivity contribution in [3.63, 3.8) is 0 Å².